The molecule has 0 amide bonds. The molecular weight excluding hydrogens is 192 g/mol. The first-order chi connectivity index (χ1) is 7.22. The Labute approximate surface area is 90.5 Å². The number of oxime groups is 1. The summed E-state index contributed by atoms with van der Waals surface area (Å²) in [5, 5.41) is 11.7. The van der Waals surface area contributed by atoms with Gasteiger partial charge in [0.15, 0.2) is 0 Å². The Hall–Kier alpha value is -0.970. The molecule has 2 unspecified atom stereocenters. The van der Waals surface area contributed by atoms with Gasteiger partial charge >= 0.3 is 0 Å². The number of guanidine groups is 1. The molecule has 2 heterocycles. The average molecular weight is 212 g/mol. The lowest BCUT2D eigenvalue weighted by molar-refractivity contribution is 0.0616. The smallest absolute Gasteiger partial charge is 0.233 e. The lowest BCUT2D eigenvalue weighted by Gasteiger charge is -2.46. The number of fused-ring (bicyclic) bond motifs is 1. The molecule has 2 atom stereocenters. The van der Waals surface area contributed by atoms with E-state index in [-0.39, 0.29) is 5.96 Å². The van der Waals surface area contributed by atoms with Crippen LogP contribution >= 0.6 is 0 Å². The molecular formula is C10H20N4O. The van der Waals surface area contributed by atoms with Crippen LogP contribution in [0, 0.1) is 5.92 Å². The van der Waals surface area contributed by atoms with E-state index < -0.39 is 0 Å². The molecule has 15 heavy (non-hydrogen) atoms. The van der Waals surface area contributed by atoms with Gasteiger partial charge in [-0.1, -0.05) is 5.16 Å². The van der Waals surface area contributed by atoms with Gasteiger partial charge < -0.3 is 20.7 Å². The number of nitrogens with two attached hydrogens (primary N) is 1. The van der Waals surface area contributed by atoms with Gasteiger partial charge in [-0.2, -0.15) is 0 Å². The van der Waals surface area contributed by atoms with Crippen LogP contribution in [-0.4, -0.2) is 53.7 Å². The summed E-state index contributed by atoms with van der Waals surface area (Å²) in [6.07, 6.45) is 3.66. The number of nitrogens with zero attached hydrogens (tertiary/aromatic N) is 3. The summed E-state index contributed by atoms with van der Waals surface area (Å²) in [5.41, 5.74) is 5.62. The molecule has 0 saturated carbocycles. The van der Waals surface area contributed by atoms with Crippen LogP contribution in [0.25, 0.3) is 0 Å². The van der Waals surface area contributed by atoms with E-state index in [9.17, 15) is 0 Å². The van der Waals surface area contributed by atoms with Gasteiger partial charge in [0.1, 0.15) is 0 Å². The zero-order valence-corrected chi connectivity index (χ0v) is 9.26. The molecule has 2 fully saturated rings. The highest BCUT2D eigenvalue weighted by atomic mass is 16.4. The number of piperidine rings is 2. The second-order valence-electron chi connectivity index (χ2n) is 4.64. The monoisotopic (exact) mass is 212 g/mol. The van der Waals surface area contributed by atoms with Crippen LogP contribution < -0.4 is 5.73 Å². The first-order valence-corrected chi connectivity index (χ1v) is 5.65. The fourth-order valence-corrected chi connectivity index (χ4v) is 2.92. The van der Waals surface area contributed by atoms with E-state index in [1.807, 2.05) is 4.90 Å². The normalized spacial score (nSPS) is 33.9. The Morgan fingerprint density at radius 2 is 2.20 bits per heavy atom. The van der Waals surface area contributed by atoms with Crippen LogP contribution in [0.3, 0.4) is 0 Å². The average Bonchev–Trinajstić information content (AvgIpc) is 2.28. The van der Waals surface area contributed by atoms with Crippen molar-refractivity contribution >= 4 is 5.96 Å². The Bertz CT molecular complexity index is 256. The third-order valence-corrected chi connectivity index (χ3v) is 3.77. The molecule has 0 aromatic heterocycles. The van der Waals surface area contributed by atoms with E-state index in [0.29, 0.717) is 12.0 Å². The molecule has 86 valence electrons. The van der Waals surface area contributed by atoms with Gasteiger partial charge in [0, 0.05) is 19.1 Å². The van der Waals surface area contributed by atoms with Crippen molar-refractivity contribution in [2.45, 2.75) is 25.3 Å². The van der Waals surface area contributed by atoms with E-state index >= 15 is 0 Å². The SMILES string of the molecule is CN1CCCC2CN(C(N)=NO)CCC21. The molecule has 2 aliphatic heterocycles. The fourth-order valence-electron chi connectivity index (χ4n) is 2.92. The number of rotatable bonds is 0. The van der Waals surface area contributed by atoms with E-state index in [4.69, 9.17) is 10.9 Å². The summed E-state index contributed by atoms with van der Waals surface area (Å²) in [7, 11) is 2.20. The van der Waals surface area contributed by atoms with Crippen molar-refractivity contribution in [1.29, 1.82) is 0 Å². The summed E-state index contributed by atoms with van der Waals surface area (Å²) in [5.74, 6) is 0.944. The molecule has 2 saturated heterocycles. The topological polar surface area (TPSA) is 65.1 Å². The Morgan fingerprint density at radius 1 is 1.40 bits per heavy atom. The highest BCUT2D eigenvalue weighted by Gasteiger charge is 2.34. The van der Waals surface area contributed by atoms with Crippen LogP contribution in [0.15, 0.2) is 5.16 Å². The second kappa shape index (κ2) is 4.26. The van der Waals surface area contributed by atoms with E-state index in [2.05, 4.69) is 17.1 Å². The zero-order valence-electron chi connectivity index (χ0n) is 9.26. The van der Waals surface area contributed by atoms with Crippen LogP contribution in [0.2, 0.25) is 0 Å². The van der Waals surface area contributed by atoms with Crippen molar-refractivity contribution in [2.75, 3.05) is 26.7 Å². The largest absolute Gasteiger partial charge is 0.408 e. The first kappa shape index (κ1) is 10.5. The van der Waals surface area contributed by atoms with Gasteiger partial charge in [0.25, 0.3) is 0 Å². The predicted octanol–water partition coefficient (Wildman–Crippen LogP) is 0.106. The second-order valence-corrected chi connectivity index (χ2v) is 4.64. The van der Waals surface area contributed by atoms with Crippen LogP contribution in [-0.2, 0) is 0 Å². The van der Waals surface area contributed by atoms with Crippen LogP contribution in [0.5, 0.6) is 0 Å². The quantitative estimate of drug-likeness (QED) is 0.259. The van der Waals surface area contributed by atoms with Gasteiger partial charge in [0.2, 0.25) is 5.96 Å². The lowest BCUT2D eigenvalue weighted by Crippen LogP contribution is -2.55. The Morgan fingerprint density at radius 3 is 2.93 bits per heavy atom. The highest BCUT2D eigenvalue weighted by molar-refractivity contribution is 5.77. The molecule has 2 rings (SSSR count). The summed E-state index contributed by atoms with van der Waals surface area (Å²) in [4.78, 5) is 4.44. The molecule has 5 nitrogen and oxygen atoms in total. The van der Waals surface area contributed by atoms with Crippen LogP contribution in [0.4, 0.5) is 0 Å². The van der Waals surface area contributed by atoms with Crippen molar-refractivity contribution in [2.24, 2.45) is 16.8 Å². The van der Waals surface area contributed by atoms with Gasteiger partial charge in [-0.25, -0.2) is 0 Å². The molecule has 3 N–H and O–H groups in total. The van der Waals surface area contributed by atoms with Crippen LogP contribution in [0.1, 0.15) is 19.3 Å². The molecule has 0 bridgehead atoms. The highest BCUT2D eigenvalue weighted by Crippen LogP contribution is 2.29. The minimum atomic E-state index is 0.265. The predicted molar refractivity (Wildman–Crippen MR) is 58.7 cm³/mol. The number of likely N-dealkylation sites (tertiary alicyclic amines) is 2. The maximum absolute atomic E-state index is 8.65. The molecule has 0 spiro atoms. The van der Waals surface area contributed by atoms with Crippen molar-refractivity contribution < 1.29 is 5.21 Å². The maximum atomic E-state index is 8.65. The molecule has 5 heteroatoms. The van der Waals surface area contributed by atoms with Crippen molar-refractivity contribution in [3.63, 3.8) is 0 Å². The van der Waals surface area contributed by atoms with Gasteiger partial charge in [-0.3, -0.25) is 0 Å². The standard InChI is InChI=1S/C10H20N4O/c1-13-5-2-3-8-7-14(10(11)12-15)6-4-9(8)13/h8-9,15H,2-7H2,1H3,(H2,11,12). The summed E-state index contributed by atoms with van der Waals surface area (Å²) in [6.45, 7) is 3.05. The summed E-state index contributed by atoms with van der Waals surface area (Å²) in [6, 6.07) is 0.696. The van der Waals surface area contributed by atoms with Gasteiger partial charge in [0.05, 0.1) is 0 Å². The molecule has 0 aliphatic carbocycles. The number of hydrogen-bond donors (Lipinski definition) is 2. The van der Waals surface area contributed by atoms with E-state index in [0.717, 1.165) is 19.5 Å². The minimum Gasteiger partial charge on any atom is -0.408 e. The zero-order chi connectivity index (χ0) is 10.8. The van der Waals surface area contributed by atoms with Gasteiger partial charge in [-0.05, 0) is 38.8 Å². The van der Waals surface area contributed by atoms with E-state index in [1.165, 1.54) is 19.4 Å². The summed E-state index contributed by atoms with van der Waals surface area (Å²) < 4.78 is 0. The van der Waals surface area contributed by atoms with Crippen molar-refractivity contribution in [1.82, 2.24) is 9.80 Å². The molecule has 0 aromatic rings. The fraction of sp³-hybridized carbons (Fsp3) is 0.900. The lowest BCUT2D eigenvalue weighted by atomic mass is 9.84. The van der Waals surface area contributed by atoms with E-state index in [1.54, 1.807) is 0 Å². The molecule has 2 aliphatic rings. The third kappa shape index (κ3) is 2.02. The molecule has 0 aromatic carbocycles. The Balaban J connectivity index is 2.00. The molecule has 0 radical (unpaired) electrons. The minimum absolute atomic E-state index is 0.265. The Kier molecular flexibility index (Phi) is 3.00. The third-order valence-electron chi connectivity index (χ3n) is 3.77. The first-order valence-electron chi connectivity index (χ1n) is 5.65. The van der Waals surface area contributed by atoms with Crippen molar-refractivity contribution in [3.8, 4) is 0 Å². The van der Waals surface area contributed by atoms with Crippen molar-refractivity contribution in [3.05, 3.63) is 0 Å². The number of hydrogen-bond acceptors (Lipinski definition) is 3. The maximum Gasteiger partial charge on any atom is 0.233 e. The summed E-state index contributed by atoms with van der Waals surface area (Å²) >= 11 is 0. The van der Waals surface area contributed by atoms with Gasteiger partial charge in [-0.15, -0.1) is 0 Å².